The molecule has 0 radical (unpaired) electrons. The molecule has 2 aliphatic rings. The number of aromatic nitrogens is 2. The summed E-state index contributed by atoms with van der Waals surface area (Å²) < 4.78 is 12.1. The average Bonchev–Trinajstić information content (AvgIpc) is 2.99. The van der Waals surface area contributed by atoms with E-state index in [-0.39, 0.29) is 6.10 Å². The molecule has 6 heteroatoms. The minimum absolute atomic E-state index is 0.0894. The highest BCUT2D eigenvalue weighted by Crippen LogP contribution is 2.32. The van der Waals surface area contributed by atoms with Crippen molar-refractivity contribution in [3.8, 4) is 5.88 Å². The van der Waals surface area contributed by atoms with Crippen LogP contribution in [0.5, 0.6) is 5.88 Å². The molecule has 3 unspecified atom stereocenters. The van der Waals surface area contributed by atoms with Crippen LogP contribution in [-0.4, -0.2) is 35.3 Å². The lowest BCUT2D eigenvalue weighted by molar-refractivity contribution is 0.137. The van der Waals surface area contributed by atoms with E-state index in [1.165, 1.54) is 19.3 Å². The number of ether oxygens (including phenoxy) is 2. The van der Waals surface area contributed by atoms with E-state index < -0.39 is 0 Å². The van der Waals surface area contributed by atoms with Crippen molar-refractivity contribution in [3.05, 3.63) is 10.7 Å². The summed E-state index contributed by atoms with van der Waals surface area (Å²) in [7, 11) is 0. The molecule has 22 heavy (non-hydrogen) atoms. The summed E-state index contributed by atoms with van der Waals surface area (Å²) in [5, 5.41) is 3.52. The number of halogens is 1. The first-order valence-electron chi connectivity index (χ1n) is 8.17. The van der Waals surface area contributed by atoms with Gasteiger partial charge in [0, 0.05) is 12.5 Å². The normalized spacial score (nSPS) is 32.0. The van der Waals surface area contributed by atoms with Gasteiger partial charge in [-0.1, -0.05) is 20.3 Å². The predicted molar refractivity (Wildman–Crippen MR) is 89.2 cm³/mol. The van der Waals surface area contributed by atoms with Gasteiger partial charge < -0.3 is 14.8 Å². The van der Waals surface area contributed by atoms with Gasteiger partial charge >= 0.3 is 0 Å². The molecule has 1 aromatic rings. The molecule has 1 saturated heterocycles. The van der Waals surface area contributed by atoms with Crippen LogP contribution in [0.2, 0.25) is 0 Å². The molecule has 122 valence electrons. The Hall–Kier alpha value is -0.880. The largest absolute Gasteiger partial charge is 0.471 e. The zero-order valence-electron chi connectivity index (χ0n) is 13.2. The third-order valence-electron chi connectivity index (χ3n) is 4.72. The second-order valence-electron chi connectivity index (χ2n) is 6.51. The van der Waals surface area contributed by atoms with Crippen LogP contribution in [0.4, 0.5) is 5.95 Å². The van der Waals surface area contributed by atoms with Crippen molar-refractivity contribution in [1.29, 1.82) is 0 Å². The first-order valence-corrected chi connectivity index (χ1v) is 8.96. The van der Waals surface area contributed by atoms with Crippen LogP contribution in [0.15, 0.2) is 10.7 Å². The first kappa shape index (κ1) is 16.0. The number of nitrogens with one attached hydrogen (secondary N) is 1. The van der Waals surface area contributed by atoms with Crippen LogP contribution in [0.25, 0.3) is 0 Å². The second-order valence-corrected chi connectivity index (χ2v) is 7.36. The van der Waals surface area contributed by atoms with E-state index in [4.69, 9.17) is 9.47 Å². The fraction of sp³-hybridized carbons (Fsp3) is 0.750. The molecule has 0 amide bonds. The molecule has 2 fully saturated rings. The molecule has 3 rings (SSSR count). The summed E-state index contributed by atoms with van der Waals surface area (Å²) in [5.74, 6) is 2.54. The Morgan fingerprint density at radius 2 is 2.05 bits per heavy atom. The lowest BCUT2D eigenvalue weighted by Gasteiger charge is -2.35. The number of anilines is 1. The van der Waals surface area contributed by atoms with Gasteiger partial charge in [-0.3, -0.25) is 0 Å². The van der Waals surface area contributed by atoms with E-state index in [1.807, 2.05) is 0 Å². The molecular formula is C16H24BrN3O2. The van der Waals surface area contributed by atoms with Crippen molar-refractivity contribution in [3.63, 3.8) is 0 Å². The van der Waals surface area contributed by atoms with Gasteiger partial charge in [-0.05, 0) is 40.6 Å². The van der Waals surface area contributed by atoms with Crippen molar-refractivity contribution in [2.24, 2.45) is 11.8 Å². The van der Waals surface area contributed by atoms with E-state index in [0.29, 0.717) is 36.3 Å². The maximum absolute atomic E-state index is 5.93. The van der Waals surface area contributed by atoms with E-state index >= 15 is 0 Å². The molecule has 1 saturated carbocycles. The van der Waals surface area contributed by atoms with Crippen molar-refractivity contribution in [2.45, 2.75) is 51.7 Å². The SMILES string of the molecule is CC1CCCC(C)C1Nc1ncc(Br)c(OC2CCOC2)n1. The standard InChI is InChI=1S/C16H24BrN3O2/c1-10-4-3-5-11(2)14(10)19-16-18-8-13(17)15(20-16)22-12-6-7-21-9-12/h8,10-12,14H,3-7,9H2,1-2H3,(H,18,19,20). The zero-order chi connectivity index (χ0) is 15.5. The number of hydrogen-bond acceptors (Lipinski definition) is 5. The number of hydrogen-bond donors (Lipinski definition) is 1. The minimum Gasteiger partial charge on any atom is -0.471 e. The van der Waals surface area contributed by atoms with E-state index in [9.17, 15) is 0 Å². The summed E-state index contributed by atoms with van der Waals surface area (Å²) in [6, 6.07) is 0.428. The molecule has 1 aliphatic carbocycles. The third-order valence-corrected chi connectivity index (χ3v) is 5.26. The summed E-state index contributed by atoms with van der Waals surface area (Å²) in [4.78, 5) is 8.95. The minimum atomic E-state index is 0.0894. The first-order chi connectivity index (χ1) is 10.6. The van der Waals surface area contributed by atoms with Crippen molar-refractivity contribution in [1.82, 2.24) is 9.97 Å². The topological polar surface area (TPSA) is 56.3 Å². The quantitative estimate of drug-likeness (QED) is 0.877. The summed E-state index contributed by atoms with van der Waals surface area (Å²) in [6.07, 6.45) is 6.61. The molecular weight excluding hydrogens is 346 g/mol. The third kappa shape index (κ3) is 3.71. The lowest BCUT2D eigenvalue weighted by atomic mass is 9.79. The summed E-state index contributed by atoms with van der Waals surface area (Å²) >= 11 is 3.47. The van der Waals surface area contributed by atoms with E-state index in [2.05, 4.69) is 45.1 Å². The fourth-order valence-electron chi connectivity index (χ4n) is 3.38. The van der Waals surface area contributed by atoms with Crippen molar-refractivity contribution >= 4 is 21.9 Å². The summed E-state index contributed by atoms with van der Waals surface area (Å²) in [6.45, 7) is 6.00. The molecule has 3 atom stereocenters. The highest BCUT2D eigenvalue weighted by Gasteiger charge is 2.28. The smallest absolute Gasteiger partial charge is 0.233 e. The van der Waals surface area contributed by atoms with Crippen LogP contribution in [0.3, 0.4) is 0 Å². The monoisotopic (exact) mass is 369 g/mol. The van der Waals surface area contributed by atoms with Gasteiger partial charge in [0.15, 0.2) is 0 Å². The maximum Gasteiger partial charge on any atom is 0.233 e. The molecule has 0 aromatic carbocycles. The highest BCUT2D eigenvalue weighted by molar-refractivity contribution is 9.10. The van der Waals surface area contributed by atoms with Crippen LogP contribution >= 0.6 is 15.9 Å². The maximum atomic E-state index is 5.93. The van der Waals surface area contributed by atoms with Crippen LogP contribution in [0.1, 0.15) is 39.5 Å². The van der Waals surface area contributed by atoms with E-state index in [0.717, 1.165) is 17.5 Å². The Morgan fingerprint density at radius 3 is 2.73 bits per heavy atom. The number of nitrogens with zero attached hydrogens (tertiary/aromatic N) is 2. The molecule has 0 spiro atoms. The van der Waals surface area contributed by atoms with Gasteiger partial charge in [0.05, 0.1) is 23.9 Å². The van der Waals surface area contributed by atoms with Gasteiger partial charge in [-0.2, -0.15) is 4.98 Å². The van der Waals surface area contributed by atoms with Crippen molar-refractivity contribution in [2.75, 3.05) is 18.5 Å². The summed E-state index contributed by atoms with van der Waals surface area (Å²) in [5.41, 5.74) is 0. The molecule has 0 bridgehead atoms. The Kier molecular flexibility index (Phi) is 5.18. The van der Waals surface area contributed by atoms with Crippen molar-refractivity contribution < 1.29 is 9.47 Å². The molecule has 1 aromatic heterocycles. The van der Waals surface area contributed by atoms with Gasteiger partial charge in [0.1, 0.15) is 6.10 Å². The van der Waals surface area contributed by atoms with Crippen LogP contribution < -0.4 is 10.1 Å². The van der Waals surface area contributed by atoms with Crippen LogP contribution in [0, 0.1) is 11.8 Å². The Morgan fingerprint density at radius 1 is 1.27 bits per heavy atom. The Bertz CT molecular complexity index is 498. The average molecular weight is 370 g/mol. The Labute approximate surface area is 140 Å². The zero-order valence-corrected chi connectivity index (χ0v) is 14.8. The number of rotatable bonds is 4. The van der Waals surface area contributed by atoms with Gasteiger partial charge in [0.25, 0.3) is 0 Å². The van der Waals surface area contributed by atoms with Gasteiger partial charge in [0.2, 0.25) is 11.8 Å². The highest BCUT2D eigenvalue weighted by atomic mass is 79.9. The molecule has 5 nitrogen and oxygen atoms in total. The molecule has 1 N–H and O–H groups in total. The van der Waals surface area contributed by atoms with E-state index in [1.54, 1.807) is 6.20 Å². The van der Waals surface area contributed by atoms with Gasteiger partial charge in [-0.25, -0.2) is 4.98 Å². The molecule has 2 heterocycles. The second kappa shape index (κ2) is 7.13. The lowest BCUT2D eigenvalue weighted by Crippen LogP contribution is -2.37. The Balaban J connectivity index is 1.70. The predicted octanol–water partition coefficient (Wildman–Crippen LogP) is 3.64. The van der Waals surface area contributed by atoms with Gasteiger partial charge in [-0.15, -0.1) is 0 Å². The van der Waals surface area contributed by atoms with Crippen LogP contribution in [-0.2, 0) is 4.74 Å². The molecule has 1 aliphatic heterocycles. The fourth-order valence-corrected chi connectivity index (χ4v) is 3.67.